The van der Waals surface area contributed by atoms with Crippen LogP contribution in [0.3, 0.4) is 0 Å². The van der Waals surface area contributed by atoms with Crippen molar-refractivity contribution in [1.82, 2.24) is 0 Å². The van der Waals surface area contributed by atoms with Gasteiger partial charge >= 0.3 is 11.9 Å². The number of carbonyl (C=O) groups is 2. The first-order chi connectivity index (χ1) is 6.70. The highest BCUT2D eigenvalue weighted by molar-refractivity contribution is 5.82. The van der Waals surface area contributed by atoms with Gasteiger partial charge in [0.2, 0.25) is 0 Å². The molecule has 0 saturated heterocycles. The van der Waals surface area contributed by atoms with Gasteiger partial charge in [-0.2, -0.15) is 0 Å². The molecule has 0 atom stereocenters. The van der Waals surface area contributed by atoms with E-state index in [0.717, 1.165) is 12.3 Å². The maximum absolute atomic E-state index is 10.7. The Labute approximate surface area is 80.7 Å². The molecule has 14 heavy (non-hydrogen) atoms. The Hall–Kier alpha value is -1.40. The molecule has 0 fully saturated rings. The van der Waals surface area contributed by atoms with E-state index in [2.05, 4.69) is 9.47 Å². The van der Waals surface area contributed by atoms with Crippen LogP contribution in [0.15, 0.2) is 12.3 Å². The minimum absolute atomic E-state index is 0.103. The van der Waals surface area contributed by atoms with Gasteiger partial charge in [-0.1, -0.05) is 0 Å². The number of rotatable bonds is 6. The van der Waals surface area contributed by atoms with Crippen molar-refractivity contribution in [3.63, 3.8) is 0 Å². The zero-order valence-electron chi connectivity index (χ0n) is 7.51. The molecule has 0 unspecified atom stereocenters. The number of hydrogen-bond donors (Lipinski definition) is 2. The number of hydrogen-bond acceptors (Lipinski definition) is 6. The van der Waals surface area contributed by atoms with Gasteiger partial charge in [0.15, 0.2) is 0 Å². The third-order valence-electron chi connectivity index (χ3n) is 1.06. The maximum atomic E-state index is 10.7. The molecule has 0 saturated carbocycles. The molecule has 6 heteroatoms. The highest BCUT2D eigenvalue weighted by Crippen LogP contribution is 1.87. The fourth-order valence-electron chi connectivity index (χ4n) is 0.510. The summed E-state index contributed by atoms with van der Waals surface area (Å²) in [5, 5.41) is 16.6. The smallest absolute Gasteiger partial charge is 0.333 e. The van der Waals surface area contributed by atoms with Crippen LogP contribution in [0.2, 0.25) is 0 Å². The molecule has 0 bridgehead atoms. The third kappa shape index (κ3) is 7.26. The number of aliphatic hydroxyl groups excluding tert-OH is 2. The predicted molar refractivity (Wildman–Crippen MR) is 45.0 cm³/mol. The van der Waals surface area contributed by atoms with E-state index in [4.69, 9.17) is 10.2 Å². The monoisotopic (exact) mass is 204 g/mol. The summed E-state index contributed by atoms with van der Waals surface area (Å²) in [4.78, 5) is 21.3. The van der Waals surface area contributed by atoms with E-state index in [1.54, 1.807) is 0 Å². The van der Waals surface area contributed by atoms with Gasteiger partial charge < -0.3 is 19.7 Å². The van der Waals surface area contributed by atoms with Crippen LogP contribution < -0.4 is 0 Å². The van der Waals surface area contributed by atoms with Crippen LogP contribution in [0, 0.1) is 0 Å². The number of esters is 2. The van der Waals surface area contributed by atoms with E-state index in [1.807, 2.05) is 0 Å². The fourth-order valence-corrected chi connectivity index (χ4v) is 0.510. The summed E-state index contributed by atoms with van der Waals surface area (Å²) in [6.45, 7) is -0.667. The van der Waals surface area contributed by atoms with Crippen LogP contribution >= 0.6 is 0 Å². The second-order valence-electron chi connectivity index (χ2n) is 2.16. The van der Waals surface area contributed by atoms with E-state index < -0.39 is 11.9 Å². The van der Waals surface area contributed by atoms with E-state index in [0.29, 0.717) is 0 Å². The number of ether oxygens (including phenoxy) is 2. The molecular weight excluding hydrogens is 192 g/mol. The normalized spacial score (nSPS) is 10.1. The summed E-state index contributed by atoms with van der Waals surface area (Å²) < 4.78 is 8.81. The average Bonchev–Trinajstić information content (AvgIpc) is 2.15. The molecule has 0 spiro atoms. The Balaban J connectivity index is 3.60. The lowest BCUT2D eigenvalue weighted by atomic mass is 10.5. The molecule has 0 heterocycles. The Morgan fingerprint density at radius 2 is 1.93 bits per heavy atom. The molecule has 0 aliphatic carbocycles. The molecule has 0 radical (unpaired) electrons. The quantitative estimate of drug-likeness (QED) is 0.326. The van der Waals surface area contributed by atoms with Crippen LogP contribution in [-0.2, 0) is 19.1 Å². The fraction of sp³-hybridized carbons (Fsp3) is 0.500. The lowest BCUT2D eigenvalue weighted by Gasteiger charge is -1.97. The Morgan fingerprint density at radius 3 is 2.50 bits per heavy atom. The molecule has 0 aromatic carbocycles. The van der Waals surface area contributed by atoms with Crippen molar-refractivity contribution in [2.75, 3.05) is 19.8 Å². The maximum Gasteiger partial charge on any atom is 0.333 e. The molecule has 2 N–H and O–H groups in total. The molecule has 0 rings (SSSR count). The van der Waals surface area contributed by atoms with Crippen LogP contribution in [0.5, 0.6) is 0 Å². The van der Waals surface area contributed by atoms with Gasteiger partial charge in [-0.15, -0.1) is 0 Å². The van der Waals surface area contributed by atoms with E-state index >= 15 is 0 Å². The van der Waals surface area contributed by atoms with Crippen molar-refractivity contribution >= 4 is 11.9 Å². The van der Waals surface area contributed by atoms with Gasteiger partial charge in [-0.25, -0.2) is 4.79 Å². The van der Waals surface area contributed by atoms with Gasteiger partial charge in [-0.3, -0.25) is 4.79 Å². The lowest BCUT2D eigenvalue weighted by Crippen LogP contribution is -2.06. The first-order valence-electron chi connectivity index (χ1n) is 3.95. The van der Waals surface area contributed by atoms with Gasteiger partial charge in [0, 0.05) is 0 Å². The average molecular weight is 204 g/mol. The standard InChI is InChI=1S/C8H12O6/c9-3-1-7(11)13-5-2-8(12)14-6-4-10/h2,5,9-10H,1,3-4,6H2/b5-2-. The molecule has 0 aliphatic rings. The van der Waals surface area contributed by atoms with Crippen molar-refractivity contribution < 1.29 is 29.3 Å². The first kappa shape index (κ1) is 12.6. The van der Waals surface area contributed by atoms with Crippen molar-refractivity contribution in [2.24, 2.45) is 0 Å². The Bertz CT molecular complexity index is 210. The molecular formula is C8H12O6. The molecule has 0 aliphatic heterocycles. The molecule has 6 nitrogen and oxygen atoms in total. The van der Waals surface area contributed by atoms with Crippen LogP contribution in [0.1, 0.15) is 6.42 Å². The van der Waals surface area contributed by atoms with Crippen molar-refractivity contribution in [3.8, 4) is 0 Å². The van der Waals surface area contributed by atoms with Crippen molar-refractivity contribution in [2.45, 2.75) is 6.42 Å². The third-order valence-corrected chi connectivity index (χ3v) is 1.06. The first-order valence-corrected chi connectivity index (χ1v) is 3.95. The van der Waals surface area contributed by atoms with Gasteiger partial charge in [-0.05, 0) is 0 Å². The SMILES string of the molecule is O=C(/C=C\OC(=O)CCO)OCCO. The summed E-state index contributed by atoms with van der Waals surface area (Å²) in [5.41, 5.74) is 0. The molecule has 0 aromatic rings. The van der Waals surface area contributed by atoms with E-state index in [-0.39, 0.29) is 26.2 Å². The highest BCUT2D eigenvalue weighted by Gasteiger charge is 1.99. The predicted octanol–water partition coefficient (Wildman–Crippen LogP) is -1.04. The lowest BCUT2D eigenvalue weighted by molar-refractivity contribution is -0.139. The van der Waals surface area contributed by atoms with Crippen LogP contribution in [0.4, 0.5) is 0 Å². The van der Waals surface area contributed by atoms with E-state index in [9.17, 15) is 9.59 Å². The Kier molecular flexibility index (Phi) is 7.39. The minimum atomic E-state index is -0.712. The number of carbonyl (C=O) groups excluding carboxylic acids is 2. The van der Waals surface area contributed by atoms with Gasteiger partial charge in [0.1, 0.15) is 12.9 Å². The van der Waals surface area contributed by atoms with Crippen molar-refractivity contribution in [3.05, 3.63) is 12.3 Å². The second kappa shape index (κ2) is 8.21. The molecule has 0 amide bonds. The highest BCUT2D eigenvalue weighted by atomic mass is 16.5. The van der Waals surface area contributed by atoms with Gasteiger partial charge in [0.25, 0.3) is 0 Å². The second-order valence-corrected chi connectivity index (χ2v) is 2.16. The summed E-state index contributed by atoms with van der Waals surface area (Å²) >= 11 is 0. The summed E-state index contributed by atoms with van der Waals surface area (Å²) in [7, 11) is 0. The summed E-state index contributed by atoms with van der Waals surface area (Å²) in [6.07, 6.45) is 1.65. The van der Waals surface area contributed by atoms with Crippen molar-refractivity contribution in [1.29, 1.82) is 0 Å². The zero-order chi connectivity index (χ0) is 10.8. The van der Waals surface area contributed by atoms with Crippen LogP contribution in [-0.4, -0.2) is 42.0 Å². The van der Waals surface area contributed by atoms with E-state index in [1.165, 1.54) is 0 Å². The summed E-state index contributed by atoms with van der Waals surface area (Å²) in [5.74, 6) is -1.35. The summed E-state index contributed by atoms with van der Waals surface area (Å²) in [6, 6.07) is 0. The van der Waals surface area contributed by atoms with Gasteiger partial charge in [0.05, 0.1) is 25.7 Å². The topological polar surface area (TPSA) is 93.1 Å². The Morgan fingerprint density at radius 1 is 1.21 bits per heavy atom. The molecule has 0 aromatic heterocycles. The zero-order valence-corrected chi connectivity index (χ0v) is 7.51. The van der Waals surface area contributed by atoms with Crippen LogP contribution in [0.25, 0.3) is 0 Å². The molecule has 80 valence electrons. The number of aliphatic hydroxyl groups is 2. The largest absolute Gasteiger partial charge is 0.460 e. The minimum Gasteiger partial charge on any atom is -0.460 e.